The summed E-state index contributed by atoms with van der Waals surface area (Å²) >= 11 is 0. The zero-order chi connectivity index (χ0) is 20.7. The number of aromatic amines is 1. The molecule has 148 valence electrons. The number of methoxy groups -OCH3 is 1. The Labute approximate surface area is 164 Å². The number of nitrogens with zero attached hydrogens (tertiary/aromatic N) is 3. The summed E-state index contributed by atoms with van der Waals surface area (Å²) in [7, 11) is 1.58. The van der Waals surface area contributed by atoms with Crippen LogP contribution >= 0.6 is 0 Å². The second kappa shape index (κ2) is 6.93. The maximum absolute atomic E-state index is 12.6. The molecular formula is C20H19N4O5+. The number of fused-ring (bicyclic) bond motifs is 1. The molecular weight excluding hydrogens is 376 g/mol. The third-order valence-electron chi connectivity index (χ3n) is 4.89. The van der Waals surface area contributed by atoms with Crippen LogP contribution in [0.15, 0.2) is 45.7 Å². The third kappa shape index (κ3) is 3.16. The van der Waals surface area contributed by atoms with E-state index in [4.69, 9.17) is 9.26 Å². The minimum absolute atomic E-state index is 0.0666. The van der Waals surface area contributed by atoms with E-state index in [9.17, 15) is 14.9 Å². The van der Waals surface area contributed by atoms with E-state index < -0.39 is 5.69 Å². The van der Waals surface area contributed by atoms with E-state index in [1.54, 1.807) is 27.0 Å². The van der Waals surface area contributed by atoms with E-state index in [1.807, 2.05) is 24.3 Å². The number of aryl methyl sites for hydroxylation is 2. The lowest BCUT2D eigenvalue weighted by atomic mass is 10.0. The van der Waals surface area contributed by atoms with Crippen molar-refractivity contribution in [2.75, 3.05) is 7.11 Å². The Morgan fingerprint density at radius 1 is 1.24 bits per heavy atom. The van der Waals surface area contributed by atoms with Crippen LogP contribution in [0, 0.1) is 18.8 Å². The van der Waals surface area contributed by atoms with E-state index in [-0.39, 0.29) is 22.7 Å². The summed E-state index contributed by atoms with van der Waals surface area (Å²) in [6, 6.07) is 10.6. The number of hydrogen-bond donors (Lipinski definition) is 2. The Hall–Kier alpha value is -3.88. The molecule has 0 saturated heterocycles. The summed E-state index contributed by atoms with van der Waals surface area (Å²) < 4.78 is 11.9. The first-order chi connectivity index (χ1) is 13.9. The second-order valence-corrected chi connectivity index (χ2v) is 6.73. The summed E-state index contributed by atoms with van der Waals surface area (Å²) in [6.45, 7) is 3.82. The van der Waals surface area contributed by atoms with Gasteiger partial charge in [-0.25, -0.2) is 10.0 Å². The fourth-order valence-corrected chi connectivity index (χ4v) is 3.50. The van der Waals surface area contributed by atoms with Gasteiger partial charge in [0, 0.05) is 11.6 Å². The largest absolute Gasteiger partial charge is 0.497 e. The van der Waals surface area contributed by atoms with Crippen LogP contribution in [-0.4, -0.2) is 31.9 Å². The molecule has 2 aromatic heterocycles. The van der Waals surface area contributed by atoms with Crippen LogP contribution in [0.4, 0.5) is 5.69 Å². The van der Waals surface area contributed by atoms with Gasteiger partial charge in [-0.05, 0) is 43.2 Å². The molecule has 0 fully saturated rings. The number of nitrogens with one attached hydrogen (secondary N) is 1. The van der Waals surface area contributed by atoms with Crippen molar-refractivity contribution in [2.24, 2.45) is 0 Å². The van der Waals surface area contributed by atoms with Crippen molar-refractivity contribution in [1.82, 2.24) is 14.7 Å². The molecule has 0 spiro atoms. The molecule has 0 saturated carbocycles. The molecule has 2 N–H and O–H groups in total. The SMILES string of the molecule is COc1ccc(Cn2c(=O)[nH]c3c([N+](=O)O)cc(-c4c(C)noc4C)cc32)cc1. The molecule has 0 amide bonds. The van der Waals surface area contributed by atoms with Gasteiger partial charge in [0.25, 0.3) is 4.92 Å². The fourth-order valence-electron chi connectivity index (χ4n) is 3.50. The molecule has 0 atom stereocenters. The average molecular weight is 395 g/mol. The van der Waals surface area contributed by atoms with Gasteiger partial charge in [-0.2, -0.15) is 0 Å². The van der Waals surface area contributed by atoms with Crippen molar-refractivity contribution in [3.63, 3.8) is 0 Å². The quantitative estimate of drug-likeness (QED) is 0.500. The zero-order valence-corrected chi connectivity index (χ0v) is 16.1. The van der Waals surface area contributed by atoms with Crippen molar-refractivity contribution in [3.8, 4) is 16.9 Å². The minimum Gasteiger partial charge on any atom is -0.497 e. The van der Waals surface area contributed by atoms with Gasteiger partial charge in [0.2, 0.25) is 0 Å². The van der Waals surface area contributed by atoms with Crippen molar-refractivity contribution < 1.29 is 19.4 Å². The summed E-state index contributed by atoms with van der Waals surface area (Å²) in [5.41, 5.74) is 3.10. The standard InChI is InChI=1S/C20H18N4O5/c1-11-18(12(2)29-22-11)14-8-16-19(17(9-14)24(26)27)21-20(25)23(16)10-13-4-6-15(28-3)7-5-13/h4-9H,10H2,1-3H3,(H-,21,25,26,27)/p+1. The Morgan fingerprint density at radius 3 is 2.55 bits per heavy atom. The lowest BCUT2D eigenvalue weighted by molar-refractivity contribution is -0.728. The molecule has 9 heteroatoms. The third-order valence-corrected chi connectivity index (χ3v) is 4.89. The van der Waals surface area contributed by atoms with E-state index in [1.165, 1.54) is 10.6 Å². The molecule has 2 heterocycles. The van der Waals surface area contributed by atoms with Crippen molar-refractivity contribution in [1.29, 1.82) is 0 Å². The molecule has 0 unspecified atom stereocenters. The Bertz CT molecular complexity index is 1260. The highest BCUT2D eigenvalue weighted by Crippen LogP contribution is 2.34. The van der Waals surface area contributed by atoms with E-state index in [2.05, 4.69) is 10.1 Å². The Kier molecular flexibility index (Phi) is 4.42. The Morgan fingerprint density at radius 2 is 1.97 bits per heavy atom. The predicted octanol–water partition coefficient (Wildman–Crippen LogP) is 3.46. The molecule has 0 aliphatic heterocycles. The normalized spacial score (nSPS) is 11.1. The molecule has 9 nitrogen and oxygen atoms in total. The smallest absolute Gasteiger partial charge is 0.342 e. The fraction of sp³-hybridized carbons (Fsp3) is 0.200. The number of aromatic nitrogens is 3. The minimum atomic E-state index is -0.394. The van der Waals surface area contributed by atoms with Gasteiger partial charge in [0.15, 0.2) is 0 Å². The van der Waals surface area contributed by atoms with Crippen LogP contribution < -0.4 is 10.4 Å². The number of H-pyrrole nitrogens is 1. The van der Waals surface area contributed by atoms with Crippen LogP contribution in [0.5, 0.6) is 5.75 Å². The van der Waals surface area contributed by atoms with Crippen molar-refractivity contribution in [2.45, 2.75) is 20.4 Å². The number of benzene rings is 2. The second-order valence-electron chi connectivity index (χ2n) is 6.73. The zero-order valence-electron chi connectivity index (χ0n) is 16.1. The number of ether oxygens (including phenoxy) is 1. The highest BCUT2D eigenvalue weighted by atomic mass is 16.6. The number of imidazole rings is 1. The maximum Gasteiger partial charge on any atom is 0.342 e. The lowest BCUT2D eigenvalue weighted by Crippen LogP contribution is -2.17. The monoisotopic (exact) mass is 395 g/mol. The topological polar surface area (TPSA) is 113 Å². The van der Waals surface area contributed by atoms with Crippen molar-refractivity contribution in [3.05, 3.63) is 68.8 Å². The lowest BCUT2D eigenvalue weighted by Gasteiger charge is -2.07. The number of rotatable bonds is 5. The van der Waals surface area contributed by atoms with Gasteiger partial charge >= 0.3 is 11.4 Å². The van der Waals surface area contributed by atoms with E-state index in [0.717, 1.165) is 5.56 Å². The van der Waals surface area contributed by atoms with Crippen molar-refractivity contribution >= 4 is 16.7 Å². The molecule has 29 heavy (non-hydrogen) atoms. The molecule has 0 aliphatic rings. The van der Waals surface area contributed by atoms with Crippen LogP contribution in [-0.2, 0) is 6.54 Å². The van der Waals surface area contributed by atoms with Gasteiger partial charge in [0.05, 0.1) is 29.8 Å². The van der Waals surface area contributed by atoms with Gasteiger partial charge in [0.1, 0.15) is 17.0 Å². The highest BCUT2D eigenvalue weighted by molar-refractivity contribution is 5.90. The molecule has 0 aliphatic carbocycles. The molecule has 0 radical (unpaired) electrons. The van der Waals surface area contributed by atoms with Gasteiger partial charge in [-0.15, -0.1) is 0 Å². The predicted molar refractivity (Wildman–Crippen MR) is 105 cm³/mol. The average Bonchev–Trinajstić information content (AvgIpc) is 3.20. The molecule has 4 aromatic rings. The van der Waals surface area contributed by atoms with Crippen LogP contribution in [0.25, 0.3) is 22.2 Å². The number of hydrogen-bond acceptors (Lipinski definition) is 5. The van der Waals surface area contributed by atoms with Gasteiger partial charge < -0.3 is 9.26 Å². The summed E-state index contributed by atoms with van der Waals surface area (Å²) in [5.74, 6) is 1.29. The van der Waals surface area contributed by atoms with Crippen LogP contribution in [0.1, 0.15) is 17.0 Å². The van der Waals surface area contributed by atoms with E-state index in [0.29, 0.717) is 33.8 Å². The van der Waals surface area contributed by atoms with Crippen LogP contribution in [0.3, 0.4) is 0 Å². The highest BCUT2D eigenvalue weighted by Gasteiger charge is 2.25. The molecule has 4 rings (SSSR count). The van der Waals surface area contributed by atoms with Gasteiger partial charge in [-0.3, -0.25) is 9.55 Å². The first-order valence-corrected chi connectivity index (χ1v) is 8.88. The van der Waals surface area contributed by atoms with Gasteiger partial charge in [-0.1, -0.05) is 17.3 Å². The first-order valence-electron chi connectivity index (χ1n) is 8.88. The first kappa shape index (κ1) is 18.5. The molecule has 2 aromatic carbocycles. The summed E-state index contributed by atoms with van der Waals surface area (Å²) in [6.07, 6.45) is 0. The maximum atomic E-state index is 12.6. The van der Waals surface area contributed by atoms with E-state index >= 15 is 0 Å². The summed E-state index contributed by atoms with van der Waals surface area (Å²) in [4.78, 5) is 26.8. The molecule has 0 bridgehead atoms. The summed E-state index contributed by atoms with van der Waals surface area (Å²) in [5, 5.41) is 13.6. The van der Waals surface area contributed by atoms with Crippen LogP contribution in [0.2, 0.25) is 0 Å². The Balaban J connectivity index is 1.92.